The van der Waals surface area contributed by atoms with Crippen molar-refractivity contribution in [1.29, 1.82) is 0 Å². The number of hydrogen-bond donors (Lipinski definition) is 7. The Morgan fingerprint density at radius 2 is 0.935 bits per heavy atom. The predicted octanol–water partition coefficient (Wildman–Crippen LogP) is 5.60. The van der Waals surface area contributed by atoms with E-state index in [1.54, 1.807) is 0 Å². The minimum absolute atomic E-state index is 0.155. The zero-order chi connectivity index (χ0) is 45.4. The van der Waals surface area contributed by atoms with Gasteiger partial charge in [-0.05, 0) is 57.8 Å². The Kier molecular flexibility index (Phi) is 31.9. The van der Waals surface area contributed by atoms with Gasteiger partial charge in [-0.25, -0.2) is 0 Å². The minimum atomic E-state index is -1.76. The first-order valence-corrected chi connectivity index (χ1v) is 23.9. The Hall–Kier alpha value is -2.02. The third-order valence-electron chi connectivity index (χ3n) is 11.4. The number of esters is 2. The SMILES string of the molecule is CCCC/C=C/CCCCCCCC(=O)OC[C@H](CO[C@@H]1O[C@H](CO[C@@H]2O[C@H](CO)[C@H](O)C(O)C2O)[C@H](O)C(O)C1O)OC(=O)CCCCCCC/C=C/CCCCCCCC. The highest BCUT2D eigenvalue weighted by Crippen LogP contribution is 2.26. The average molecular weight is 889 g/mol. The van der Waals surface area contributed by atoms with Crippen LogP contribution in [0.25, 0.3) is 0 Å². The van der Waals surface area contributed by atoms with Crippen LogP contribution in [0.1, 0.15) is 168 Å². The molecule has 4 unspecified atom stereocenters. The number of unbranched alkanes of at least 4 members (excludes halogenated alkanes) is 18. The number of ether oxygens (including phenoxy) is 6. The van der Waals surface area contributed by atoms with Crippen LogP contribution in [0, 0.1) is 0 Å². The van der Waals surface area contributed by atoms with Gasteiger partial charge in [0.25, 0.3) is 0 Å². The number of aliphatic hydroxyl groups is 7. The standard InChI is InChI=1S/C47H84O15/c1-3-5-7-9-11-13-15-16-17-18-20-22-24-26-28-30-39(50)60-35(32-57-38(49)29-27-25-23-21-19-14-12-10-8-6-4-2)33-58-46-45(56)43(54)41(52)37(62-46)34-59-47-44(55)42(53)40(51)36(31-48)61-47/h10,12,16-17,35-37,40-48,51-56H,3-9,11,13-15,18-34H2,1-2H3/b12-10+,17-16+/t35-,36-,37-,40+,41+,42?,43?,44?,45?,46-,47-/m1/s1. The van der Waals surface area contributed by atoms with Crippen LogP contribution in [0.15, 0.2) is 24.3 Å². The molecule has 2 saturated heterocycles. The number of carbonyl (C=O) groups excluding carboxylic acids is 2. The van der Waals surface area contributed by atoms with Crippen LogP contribution >= 0.6 is 0 Å². The van der Waals surface area contributed by atoms with E-state index < -0.39 is 92.7 Å². The smallest absolute Gasteiger partial charge is 0.306 e. The molecule has 0 amide bonds. The van der Waals surface area contributed by atoms with Gasteiger partial charge in [0.2, 0.25) is 0 Å². The van der Waals surface area contributed by atoms with Gasteiger partial charge in [-0.1, -0.05) is 122 Å². The Morgan fingerprint density at radius 1 is 0.500 bits per heavy atom. The molecule has 11 atom stereocenters. The quantitative estimate of drug-likeness (QED) is 0.0231. The summed E-state index contributed by atoms with van der Waals surface area (Å²) in [6, 6.07) is 0. The molecule has 0 saturated carbocycles. The van der Waals surface area contributed by atoms with Crippen molar-refractivity contribution in [2.24, 2.45) is 0 Å². The van der Waals surface area contributed by atoms with E-state index in [0.717, 1.165) is 77.0 Å². The molecule has 7 N–H and O–H groups in total. The fourth-order valence-electron chi connectivity index (χ4n) is 7.37. The van der Waals surface area contributed by atoms with Crippen LogP contribution < -0.4 is 0 Å². The summed E-state index contributed by atoms with van der Waals surface area (Å²) in [6.45, 7) is 2.51. The van der Waals surface area contributed by atoms with E-state index in [0.29, 0.717) is 12.8 Å². The van der Waals surface area contributed by atoms with Gasteiger partial charge >= 0.3 is 11.9 Å². The van der Waals surface area contributed by atoms with Gasteiger partial charge in [-0.3, -0.25) is 9.59 Å². The van der Waals surface area contributed by atoms with Crippen LogP contribution in [0.3, 0.4) is 0 Å². The second kappa shape index (κ2) is 35.3. The molecule has 0 aromatic heterocycles. The summed E-state index contributed by atoms with van der Waals surface area (Å²) in [7, 11) is 0. The second-order valence-corrected chi connectivity index (χ2v) is 16.9. The van der Waals surface area contributed by atoms with Gasteiger partial charge in [0.05, 0.1) is 19.8 Å². The molecule has 2 rings (SSSR count). The van der Waals surface area contributed by atoms with E-state index in [9.17, 15) is 45.3 Å². The van der Waals surface area contributed by atoms with Crippen molar-refractivity contribution in [2.75, 3.05) is 26.4 Å². The molecule has 0 aromatic rings. The van der Waals surface area contributed by atoms with Crippen molar-refractivity contribution in [1.82, 2.24) is 0 Å². The van der Waals surface area contributed by atoms with Crippen molar-refractivity contribution in [2.45, 2.75) is 235 Å². The lowest BCUT2D eigenvalue weighted by Gasteiger charge is -2.42. The molecular weight excluding hydrogens is 805 g/mol. The van der Waals surface area contributed by atoms with Gasteiger partial charge in [0.15, 0.2) is 18.7 Å². The molecule has 362 valence electrons. The van der Waals surface area contributed by atoms with E-state index in [2.05, 4.69) is 38.2 Å². The highest BCUT2D eigenvalue weighted by molar-refractivity contribution is 5.70. The Labute approximate surface area is 371 Å². The molecule has 0 bridgehead atoms. The zero-order valence-corrected chi connectivity index (χ0v) is 37.9. The normalized spacial score (nSPS) is 27.2. The molecule has 0 spiro atoms. The number of hydrogen-bond acceptors (Lipinski definition) is 15. The maximum Gasteiger partial charge on any atom is 0.306 e. The highest BCUT2D eigenvalue weighted by Gasteiger charge is 2.47. The van der Waals surface area contributed by atoms with E-state index >= 15 is 0 Å². The van der Waals surface area contributed by atoms with E-state index in [4.69, 9.17) is 28.4 Å². The van der Waals surface area contributed by atoms with E-state index in [-0.39, 0.29) is 26.1 Å². The number of rotatable bonds is 36. The van der Waals surface area contributed by atoms with Crippen molar-refractivity contribution < 1.29 is 73.8 Å². The summed E-state index contributed by atoms with van der Waals surface area (Å²) in [5, 5.41) is 71.9. The maximum atomic E-state index is 12.9. The lowest BCUT2D eigenvalue weighted by atomic mass is 9.98. The van der Waals surface area contributed by atoms with Crippen molar-refractivity contribution in [3.05, 3.63) is 24.3 Å². The molecule has 2 aliphatic rings. The summed E-state index contributed by atoms with van der Waals surface area (Å²) in [4.78, 5) is 25.6. The molecule has 2 heterocycles. The first kappa shape index (κ1) is 56.1. The molecule has 2 aliphatic heterocycles. The fraction of sp³-hybridized carbons (Fsp3) is 0.872. The van der Waals surface area contributed by atoms with Gasteiger partial charge in [0, 0.05) is 12.8 Å². The second-order valence-electron chi connectivity index (χ2n) is 16.9. The van der Waals surface area contributed by atoms with Gasteiger partial charge in [-0.2, -0.15) is 0 Å². The summed E-state index contributed by atoms with van der Waals surface area (Å²) < 4.78 is 33.5. The summed E-state index contributed by atoms with van der Waals surface area (Å²) in [5.41, 5.74) is 0. The summed E-state index contributed by atoms with van der Waals surface area (Å²) in [6.07, 6.45) is 16.5. The highest BCUT2D eigenvalue weighted by atomic mass is 16.7. The first-order chi connectivity index (χ1) is 30.0. The largest absolute Gasteiger partial charge is 0.462 e. The molecule has 0 aliphatic carbocycles. The Morgan fingerprint density at radius 3 is 1.47 bits per heavy atom. The third-order valence-corrected chi connectivity index (χ3v) is 11.4. The first-order valence-electron chi connectivity index (χ1n) is 23.9. The molecular formula is C47H84O15. The van der Waals surface area contributed by atoms with Crippen LogP contribution in [0.5, 0.6) is 0 Å². The van der Waals surface area contributed by atoms with Crippen molar-refractivity contribution in [3.63, 3.8) is 0 Å². The van der Waals surface area contributed by atoms with Crippen molar-refractivity contribution in [3.8, 4) is 0 Å². The molecule has 2 fully saturated rings. The monoisotopic (exact) mass is 889 g/mol. The number of carbonyl (C=O) groups is 2. The number of allylic oxidation sites excluding steroid dienone is 4. The topological polar surface area (TPSA) is 231 Å². The van der Waals surface area contributed by atoms with Crippen LogP contribution in [-0.4, -0.2) is 142 Å². The van der Waals surface area contributed by atoms with Crippen LogP contribution in [0.4, 0.5) is 0 Å². The minimum Gasteiger partial charge on any atom is -0.462 e. The predicted molar refractivity (Wildman–Crippen MR) is 234 cm³/mol. The summed E-state index contributed by atoms with van der Waals surface area (Å²) in [5.74, 6) is -0.945. The zero-order valence-electron chi connectivity index (χ0n) is 37.9. The van der Waals surface area contributed by atoms with Crippen molar-refractivity contribution >= 4 is 11.9 Å². The summed E-state index contributed by atoms with van der Waals surface area (Å²) >= 11 is 0. The van der Waals surface area contributed by atoms with E-state index in [1.165, 1.54) is 51.4 Å². The average Bonchev–Trinajstić information content (AvgIpc) is 3.26. The Bertz CT molecular complexity index is 1180. The van der Waals surface area contributed by atoms with Gasteiger partial charge in [0.1, 0.15) is 55.4 Å². The lowest BCUT2D eigenvalue weighted by Crippen LogP contribution is -2.61. The lowest BCUT2D eigenvalue weighted by molar-refractivity contribution is -0.332. The molecule has 15 heteroatoms. The fourth-order valence-corrected chi connectivity index (χ4v) is 7.37. The molecule has 62 heavy (non-hydrogen) atoms. The molecule has 15 nitrogen and oxygen atoms in total. The number of aliphatic hydroxyl groups excluding tert-OH is 7. The van der Waals surface area contributed by atoms with Crippen LogP contribution in [0.2, 0.25) is 0 Å². The van der Waals surface area contributed by atoms with Crippen LogP contribution in [-0.2, 0) is 38.0 Å². The van der Waals surface area contributed by atoms with E-state index in [1.807, 2.05) is 0 Å². The van der Waals surface area contributed by atoms with Gasteiger partial charge in [-0.15, -0.1) is 0 Å². The maximum absolute atomic E-state index is 12.9. The third kappa shape index (κ3) is 23.8. The molecule has 0 aromatic carbocycles. The van der Waals surface area contributed by atoms with Gasteiger partial charge < -0.3 is 64.2 Å². The Balaban J connectivity index is 1.85. The molecule has 0 radical (unpaired) electrons.